The second kappa shape index (κ2) is 7.22. The van der Waals surface area contributed by atoms with E-state index >= 15 is 0 Å². The van der Waals surface area contributed by atoms with E-state index in [1.807, 2.05) is 36.7 Å². The minimum atomic E-state index is -0.712. The van der Waals surface area contributed by atoms with E-state index in [9.17, 15) is 9.90 Å². The number of carboxylic acids is 1. The molecule has 1 fully saturated rings. The van der Waals surface area contributed by atoms with Gasteiger partial charge in [-0.25, -0.2) is 0 Å². The van der Waals surface area contributed by atoms with Gasteiger partial charge in [-0.2, -0.15) is 0 Å². The van der Waals surface area contributed by atoms with E-state index in [1.54, 1.807) is 6.20 Å². The molecule has 3 heterocycles. The molecule has 4 rings (SSSR count). The fourth-order valence-electron chi connectivity index (χ4n) is 3.83. The van der Waals surface area contributed by atoms with Crippen molar-refractivity contribution in [1.82, 2.24) is 14.9 Å². The molecule has 0 amide bonds. The average Bonchev–Trinajstić information content (AvgIpc) is 2.69. The number of benzene rings is 1. The van der Waals surface area contributed by atoms with Crippen LogP contribution in [0.5, 0.6) is 0 Å². The zero-order valence-corrected chi connectivity index (χ0v) is 14.5. The maximum Gasteiger partial charge on any atom is 0.307 e. The number of likely N-dealkylation sites (tertiary alicyclic amines) is 1. The van der Waals surface area contributed by atoms with Crippen molar-refractivity contribution in [3.05, 3.63) is 72.2 Å². The van der Waals surface area contributed by atoms with Gasteiger partial charge in [-0.15, -0.1) is 0 Å². The Morgan fingerprint density at radius 1 is 1.15 bits per heavy atom. The Bertz CT molecular complexity index is 913. The van der Waals surface area contributed by atoms with Crippen molar-refractivity contribution in [3.63, 3.8) is 0 Å². The predicted molar refractivity (Wildman–Crippen MR) is 99.8 cm³/mol. The Morgan fingerprint density at radius 3 is 2.85 bits per heavy atom. The molecule has 2 aromatic heterocycles. The number of para-hydroxylation sites is 1. The van der Waals surface area contributed by atoms with Gasteiger partial charge in [-0.3, -0.25) is 19.7 Å². The number of rotatable bonds is 4. The predicted octanol–water partition coefficient (Wildman–Crippen LogP) is 3.52. The van der Waals surface area contributed by atoms with Crippen LogP contribution < -0.4 is 0 Å². The first-order valence-electron chi connectivity index (χ1n) is 8.94. The van der Waals surface area contributed by atoms with Gasteiger partial charge in [0.1, 0.15) is 0 Å². The van der Waals surface area contributed by atoms with Crippen LogP contribution in [0.2, 0.25) is 0 Å². The molecule has 1 N–H and O–H groups in total. The summed E-state index contributed by atoms with van der Waals surface area (Å²) in [5, 5.41) is 10.6. The van der Waals surface area contributed by atoms with Gasteiger partial charge in [0.15, 0.2) is 0 Å². The molecular weight excluding hydrogens is 326 g/mol. The van der Waals surface area contributed by atoms with Gasteiger partial charge in [0, 0.05) is 30.5 Å². The third kappa shape index (κ3) is 3.30. The van der Waals surface area contributed by atoms with Gasteiger partial charge in [-0.1, -0.05) is 24.3 Å². The number of hydrogen-bond donors (Lipinski definition) is 1. The number of aliphatic carboxylic acids is 1. The largest absolute Gasteiger partial charge is 0.481 e. The van der Waals surface area contributed by atoms with Crippen molar-refractivity contribution in [2.45, 2.75) is 18.9 Å². The van der Waals surface area contributed by atoms with E-state index in [1.165, 1.54) is 0 Å². The molecule has 2 atom stereocenters. The maximum absolute atomic E-state index is 11.5. The number of aromatic nitrogens is 2. The molecule has 26 heavy (non-hydrogen) atoms. The summed E-state index contributed by atoms with van der Waals surface area (Å²) in [5.41, 5.74) is 3.10. The third-order valence-electron chi connectivity index (χ3n) is 5.09. The number of hydrogen-bond acceptors (Lipinski definition) is 4. The molecule has 5 nitrogen and oxygen atoms in total. The minimum absolute atomic E-state index is 0.0389. The Hall–Kier alpha value is -2.79. The number of fused-ring (bicyclic) bond motifs is 1. The van der Waals surface area contributed by atoms with Crippen molar-refractivity contribution in [2.75, 3.05) is 13.1 Å². The van der Waals surface area contributed by atoms with Crippen molar-refractivity contribution in [3.8, 4) is 0 Å². The summed E-state index contributed by atoms with van der Waals surface area (Å²) in [6, 6.07) is 14.1. The second-order valence-corrected chi connectivity index (χ2v) is 6.82. The summed E-state index contributed by atoms with van der Waals surface area (Å²) in [6.07, 6.45) is 7.15. The van der Waals surface area contributed by atoms with Crippen LogP contribution in [0.15, 0.2) is 61.1 Å². The van der Waals surface area contributed by atoms with Crippen LogP contribution in [0.3, 0.4) is 0 Å². The molecule has 2 unspecified atom stereocenters. The standard InChI is InChI=1S/C21H21N3O2/c25-21(26)17-7-4-10-24(14-17)20(16-6-3-9-22-12-16)18-11-15-5-1-2-8-19(15)23-13-18/h1-3,5-6,8-9,11-13,17,20H,4,7,10,14H2,(H,25,26). The van der Waals surface area contributed by atoms with E-state index in [0.29, 0.717) is 6.54 Å². The smallest absolute Gasteiger partial charge is 0.307 e. The first-order chi connectivity index (χ1) is 12.7. The summed E-state index contributed by atoms with van der Waals surface area (Å²) >= 11 is 0. The van der Waals surface area contributed by atoms with E-state index in [2.05, 4.69) is 33.1 Å². The van der Waals surface area contributed by atoms with Crippen LogP contribution in [0.1, 0.15) is 30.0 Å². The molecule has 0 radical (unpaired) electrons. The summed E-state index contributed by atoms with van der Waals surface area (Å²) in [7, 11) is 0. The van der Waals surface area contributed by atoms with Crippen LogP contribution in [0.25, 0.3) is 10.9 Å². The molecule has 1 aliphatic rings. The molecule has 0 bridgehead atoms. The van der Waals surface area contributed by atoms with Crippen molar-refractivity contribution in [1.29, 1.82) is 0 Å². The fourth-order valence-corrected chi connectivity index (χ4v) is 3.83. The highest BCUT2D eigenvalue weighted by Gasteiger charge is 2.31. The maximum atomic E-state index is 11.5. The molecule has 1 aliphatic heterocycles. The van der Waals surface area contributed by atoms with Crippen LogP contribution in [-0.2, 0) is 4.79 Å². The quantitative estimate of drug-likeness (QED) is 0.782. The first-order valence-corrected chi connectivity index (χ1v) is 8.94. The Labute approximate surface area is 152 Å². The average molecular weight is 347 g/mol. The Balaban J connectivity index is 1.76. The number of carboxylic acid groups (broad SMARTS) is 1. The number of pyridine rings is 2. The highest BCUT2D eigenvalue weighted by molar-refractivity contribution is 5.79. The molecule has 0 saturated carbocycles. The second-order valence-electron chi connectivity index (χ2n) is 6.82. The summed E-state index contributed by atoms with van der Waals surface area (Å²) in [6.45, 7) is 1.41. The highest BCUT2D eigenvalue weighted by atomic mass is 16.4. The normalized spacial score (nSPS) is 19.3. The van der Waals surface area contributed by atoms with Gasteiger partial charge in [-0.05, 0) is 48.7 Å². The van der Waals surface area contributed by atoms with Crippen molar-refractivity contribution in [2.24, 2.45) is 5.92 Å². The molecule has 0 aliphatic carbocycles. The zero-order chi connectivity index (χ0) is 17.9. The monoisotopic (exact) mass is 347 g/mol. The lowest BCUT2D eigenvalue weighted by Crippen LogP contribution is -2.41. The van der Waals surface area contributed by atoms with E-state index in [0.717, 1.165) is 41.4 Å². The molecule has 5 heteroatoms. The Morgan fingerprint density at radius 2 is 2.04 bits per heavy atom. The summed E-state index contributed by atoms with van der Waals surface area (Å²) in [5.74, 6) is -1.03. The van der Waals surface area contributed by atoms with Crippen LogP contribution in [0.4, 0.5) is 0 Å². The molecule has 1 saturated heterocycles. The lowest BCUT2D eigenvalue weighted by Gasteiger charge is -2.37. The number of carbonyl (C=O) groups is 1. The number of nitrogens with zero attached hydrogens (tertiary/aromatic N) is 3. The van der Waals surface area contributed by atoms with Crippen molar-refractivity contribution < 1.29 is 9.90 Å². The van der Waals surface area contributed by atoms with E-state index in [4.69, 9.17) is 0 Å². The molecule has 0 spiro atoms. The third-order valence-corrected chi connectivity index (χ3v) is 5.09. The van der Waals surface area contributed by atoms with Crippen molar-refractivity contribution >= 4 is 16.9 Å². The summed E-state index contributed by atoms with van der Waals surface area (Å²) < 4.78 is 0. The number of piperidine rings is 1. The van der Waals surface area contributed by atoms with Gasteiger partial charge in [0.05, 0.1) is 17.5 Å². The highest BCUT2D eigenvalue weighted by Crippen LogP contribution is 2.33. The molecule has 1 aromatic carbocycles. The topological polar surface area (TPSA) is 66.3 Å². The Kier molecular flexibility index (Phi) is 4.63. The van der Waals surface area contributed by atoms with Gasteiger partial charge in [0.2, 0.25) is 0 Å². The zero-order valence-electron chi connectivity index (χ0n) is 14.5. The lowest BCUT2D eigenvalue weighted by molar-refractivity contribution is -0.143. The molecular formula is C21H21N3O2. The first kappa shape index (κ1) is 16.7. The molecule has 3 aromatic rings. The van der Waals surface area contributed by atoms with Crippen LogP contribution in [-0.4, -0.2) is 39.0 Å². The van der Waals surface area contributed by atoms with Gasteiger partial charge < -0.3 is 5.11 Å². The van der Waals surface area contributed by atoms with Crippen LogP contribution in [0, 0.1) is 5.92 Å². The lowest BCUT2D eigenvalue weighted by atomic mass is 9.92. The van der Waals surface area contributed by atoms with E-state index in [-0.39, 0.29) is 12.0 Å². The van der Waals surface area contributed by atoms with E-state index < -0.39 is 5.97 Å². The van der Waals surface area contributed by atoms with Gasteiger partial charge in [0.25, 0.3) is 0 Å². The molecule has 132 valence electrons. The summed E-state index contributed by atoms with van der Waals surface area (Å²) in [4.78, 5) is 22.7. The van der Waals surface area contributed by atoms with Gasteiger partial charge >= 0.3 is 5.97 Å². The van der Waals surface area contributed by atoms with Crippen LogP contribution >= 0.6 is 0 Å². The minimum Gasteiger partial charge on any atom is -0.481 e. The SMILES string of the molecule is O=C(O)C1CCCN(C(c2cccnc2)c2cnc3ccccc3c2)C1. The fraction of sp³-hybridized carbons (Fsp3) is 0.286.